The number of nitrogens with one attached hydrogen (secondary N) is 5. The molecule has 0 saturated heterocycles. The van der Waals surface area contributed by atoms with Crippen LogP contribution in [0.4, 0.5) is 0 Å². The summed E-state index contributed by atoms with van der Waals surface area (Å²) < 4.78 is 0. The average molecular weight is 523 g/mol. The molecule has 10 N–H and O–H groups in total. The van der Waals surface area contributed by atoms with Crippen molar-refractivity contribution in [2.75, 3.05) is 0 Å². The van der Waals surface area contributed by atoms with E-state index in [9.17, 15) is 34.2 Å². The van der Waals surface area contributed by atoms with Gasteiger partial charge in [-0.15, -0.1) is 0 Å². The lowest BCUT2D eigenvalue weighted by molar-refractivity contribution is -0.142. The molecule has 0 fully saturated rings. The highest BCUT2D eigenvalue weighted by molar-refractivity contribution is 5.94. The van der Waals surface area contributed by atoms with Crippen molar-refractivity contribution in [3.63, 3.8) is 0 Å². The maximum atomic E-state index is 13.0. The van der Waals surface area contributed by atoms with Gasteiger partial charge in [-0.25, -0.2) is 14.8 Å². The molecular weight excluding hydrogens is 492 g/mol. The summed E-state index contributed by atoms with van der Waals surface area (Å²) in [5, 5.41) is 35.4. The summed E-state index contributed by atoms with van der Waals surface area (Å²) in [5.41, 5.74) is 6.56. The van der Waals surface area contributed by atoms with Gasteiger partial charge in [0.2, 0.25) is 17.7 Å². The molecule has 16 nitrogen and oxygen atoms in total. The summed E-state index contributed by atoms with van der Waals surface area (Å²) in [6, 6.07) is -5.47. The Hall–Kier alpha value is -4.31. The van der Waals surface area contributed by atoms with Crippen molar-refractivity contribution in [1.29, 1.82) is 0 Å². The molecule has 5 unspecified atom stereocenters. The van der Waals surface area contributed by atoms with Crippen molar-refractivity contribution < 1.29 is 39.3 Å². The van der Waals surface area contributed by atoms with E-state index in [1.807, 2.05) is 0 Å². The largest absolute Gasteiger partial charge is 0.481 e. The van der Waals surface area contributed by atoms with E-state index in [0.717, 1.165) is 0 Å². The number of nitrogens with zero attached hydrogens (tertiary/aromatic N) is 2. The number of hydrogen-bond donors (Lipinski definition) is 9. The van der Waals surface area contributed by atoms with Gasteiger partial charge in [-0.3, -0.25) is 19.2 Å². The third kappa shape index (κ3) is 9.34. The summed E-state index contributed by atoms with van der Waals surface area (Å²) in [6.07, 6.45) is 3.29. The topological polar surface area (TPSA) is 266 Å². The number of carboxylic acids is 2. The van der Waals surface area contributed by atoms with Crippen LogP contribution in [0, 0.1) is 0 Å². The Morgan fingerprint density at radius 2 is 1.43 bits per heavy atom. The van der Waals surface area contributed by atoms with Crippen LogP contribution < -0.4 is 21.7 Å². The van der Waals surface area contributed by atoms with Gasteiger partial charge in [-0.05, 0) is 13.3 Å². The first kappa shape index (κ1) is 28.9. The number of imidazole rings is 2. The lowest BCUT2D eigenvalue weighted by Gasteiger charge is -2.26. The first-order chi connectivity index (χ1) is 17.5. The third-order valence-electron chi connectivity index (χ3n) is 5.27. The SMILES string of the molecule is CC(O)C(NC(=O)C(N)CCC(=O)O)C(=O)NC(Cc1cnc[nH]1)C(=O)NC(Cc1cnc[nH]1)C(=O)O. The Morgan fingerprint density at radius 3 is 1.89 bits per heavy atom. The molecule has 0 saturated carbocycles. The number of aliphatic hydroxyl groups is 1. The highest BCUT2D eigenvalue weighted by Gasteiger charge is 2.33. The van der Waals surface area contributed by atoms with E-state index in [1.165, 1.54) is 32.0 Å². The zero-order valence-electron chi connectivity index (χ0n) is 19.9. The summed E-state index contributed by atoms with van der Waals surface area (Å²) in [6.45, 7) is 1.22. The zero-order valence-corrected chi connectivity index (χ0v) is 19.9. The quantitative estimate of drug-likeness (QED) is 0.114. The highest BCUT2D eigenvalue weighted by atomic mass is 16.4. The number of carbonyl (C=O) groups is 5. The molecule has 0 bridgehead atoms. The van der Waals surface area contributed by atoms with Crippen molar-refractivity contribution in [2.45, 2.75) is 62.9 Å². The number of rotatable bonds is 15. The molecule has 5 atom stereocenters. The standard InChI is InChI=1S/C21H30N8O8/c1-10(30)17(29-18(33)13(22)2-3-16(31)32)20(35)27-14(4-11-6-23-8-25-11)19(34)28-15(21(36)37)5-12-7-24-9-26-12/h6-10,13-15,17,30H,2-5,22H2,1H3,(H,23,25)(H,24,26)(H,27,35)(H,28,34)(H,29,33)(H,31,32)(H,36,37). The predicted octanol–water partition coefficient (Wildman–Crippen LogP) is -2.97. The van der Waals surface area contributed by atoms with Crippen LogP contribution >= 0.6 is 0 Å². The Kier molecular flexibility index (Phi) is 10.7. The van der Waals surface area contributed by atoms with Gasteiger partial charge in [0.05, 0.1) is 24.8 Å². The van der Waals surface area contributed by atoms with Gasteiger partial charge in [0.1, 0.15) is 18.1 Å². The number of carbonyl (C=O) groups excluding carboxylic acids is 3. The number of nitrogens with two attached hydrogens (primary N) is 1. The Morgan fingerprint density at radius 1 is 0.892 bits per heavy atom. The normalized spacial score (nSPS) is 15.0. The van der Waals surface area contributed by atoms with Gasteiger partial charge >= 0.3 is 11.9 Å². The van der Waals surface area contributed by atoms with E-state index in [0.29, 0.717) is 11.4 Å². The minimum atomic E-state index is -1.54. The lowest BCUT2D eigenvalue weighted by Crippen LogP contribution is -2.60. The molecule has 2 heterocycles. The maximum absolute atomic E-state index is 13.0. The molecule has 2 aromatic rings. The summed E-state index contributed by atoms with van der Waals surface area (Å²) >= 11 is 0. The molecule has 0 radical (unpaired) electrons. The minimum absolute atomic E-state index is 0.105. The van der Waals surface area contributed by atoms with E-state index in [1.54, 1.807) is 0 Å². The molecule has 0 aliphatic heterocycles. The predicted molar refractivity (Wildman–Crippen MR) is 125 cm³/mol. The van der Waals surface area contributed by atoms with E-state index in [2.05, 4.69) is 35.9 Å². The van der Waals surface area contributed by atoms with Gasteiger partial charge in [0, 0.05) is 43.0 Å². The van der Waals surface area contributed by atoms with Crippen molar-refractivity contribution >= 4 is 29.7 Å². The molecule has 16 heteroatoms. The van der Waals surface area contributed by atoms with Crippen LogP contribution in [0.5, 0.6) is 0 Å². The van der Waals surface area contributed by atoms with E-state index in [4.69, 9.17) is 10.8 Å². The van der Waals surface area contributed by atoms with Crippen LogP contribution in [0.2, 0.25) is 0 Å². The van der Waals surface area contributed by atoms with Crippen LogP contribution in [0.3, 0.4) is 0 Å². The van der Waals surface area contributed by atoms with Gasteiger partial charge < -0.3 is 47.0 Å². The van der Waals surface area contributed by atoms with Gasteiger partial charge in [0.15, 0.2) is 0 Å². The third-order valence-corrected chi connectivity index (χ3v) is 5.27. The summed E-state index contributed by atoms with van der Waals surface area (Å²) in [4.78, 5) is 74.0. The summed E-state index contributed by atoms with van der Waals surface area (Å²) in [5.74, 6) is -5.15. The fourth-order valence-corrected chi connectivity index (χ4v) is 3.25. The maximum Gasteiger partial charge on any atom is 0.326 e. The van der Waals surface area contributed by atoms with E-state index < -0.39 is 59.9 Å². The summed E-state index contributed by atoms with van der Waals surface area (Å²) in [7, 11) is 0. The molecule has 2 aromatic heterocycles. The first-order valence-electron chi connectivity index (χ1n) is 11.2. The second kappa shape index (κ2) is 13.7. The van der Waals surface area contributed by atoms with Crippen molar-refractivity contribution in [2.24, 2.45) is 5.73 Å². The molecule has 0 spiro atoms. The average Bonchev–Trinajstić information content (AvgIpc) is 3.53. The first-order valence-corrected chi connectivity index (χ1v) is 11.2. The molecule has 37 heavy (non-hydrogen) atoms. The number of aliphatic carboxylic acids is 2. The van der Waals surface area contributed by atoms with Crippen LogP contribution in [0.15, 0.2) is 25.0 Å². The Bertz CT molecular complexity index is 1060. The van der Waals surface area contributed by atoms with Crippen LogP contribution in [-0.4, -0.2) is 95.2 Å². The highest BCUT2D eigenvalue weighted by Crippen LogP contribution is 2.05. The van der Waals surface area contributed by atoms with Crippen LogP contribution in [-0.2, 0) is 36.8 Å². The van der Waals surface area contributed by atoms with Crippen LogP contribution in [0.25, 0.3) is 0 Å². The number of aromatic amines is 2. The molecule has 0 aliphatic carbocycles. The van der Waals surface area contributed by atoms with E-state index >= 15 is 0 Å². The number of carboxylic acid groups (broad SMARTS) is 2. The van der Waals surface area contributed by atoms with Crippen molar-refractivity contribution in [3.05, 3.63) is 36.4 Å². The molecule has 0 aliphatic rings. The van der Waals surface area contributed by atoms with Gasteiger partial charge in [-0.2, -0.15) is 0 Å². The molecule has 3 amide bonds. The fraction of sp³-hybridized carbons (Fsp3) is 0.476. The second-order valence-electron chi connectivity index (χ2n) is 8.29. The molecular formula is C21H30N8O8. The van der Waals surface area contributed by atoms with Crippen LogP contribution in [0.1, 0.15) is 31.2 Å². The number of hydrogen-bond acceptors (Lipinski definition) is 9. The molecule has 2 rings (SSSR count). The van der Waals surface area contributed by atoms with Crippen molar-refractivity contribution in [3.8, 4) is 0 Å². The smallest absolute Gasteiger partial charge is 0.326 e. The number of aromatic nitrogens is 4. The Labute approximate surface area is 210 Å². The number of amides is 3. The van der Waals surface area contributed by atoms with Gasteiger partial charge in [0.25, 0.3) is 0 Å². The lowest BCUT2D eigenvalue weighted by atomic mass is 10.1. The second-order valence-corrected chi connectivity index (χ2v) is 8.29. The molecule has 202 valence electrons. The molecule has 0 aromatic carbocycles. The monoisotopic (exact) mass is 522 g/mol. The van der Waals surface area contributed by atoms with E-state index in [-0.39, 0.29) is 25.7 Å². The zero-order chi connectivity index (χ0) is 27.5. The number of aliphatic hydroxyl groups excluding tert-OH is 1. The fourth-order valence-electron chi connectivity index (χ4n) is 3.25. The van der Waals surface area contributed by atoms with Gasteiger partial charge in [-0.1, -0.05) is 0 Å². The van der Waals surface area contributed by atoms with Crippen molar-refractivity contribution in [1.82, 2.24) is 35.9 Å². The minimum Gasteiger partial charge on any atom is -0.481 e. The Balaban J connectivity index is 2.15. The number of H-pyrrole nitrogens is 2.